The molecule has 156 valence electrons. The Hall–Kier alpha value is -3.27. The van der Waals surface area contributed by atoms with E-state index in [2.05, 4.69) is 10.1 Å². The summed E-state index contributed by atoms with van der Waals surface area (Å²) in [5.74, 6) is -0.239. The molecule has 3 heterocycles. The van der Waals surface area contributed by atoms with E-state index >= 15 is 0 Å². The lowest BCUT2D eigenvalue weighted by molar-refractivity contribution is -0.164. The van der Waals surface area contributed by atoms with Crippen molar-refractivity contribution < 1.29 is 31.9 Å². The zero-order valence-corrected chi connectivity index (χ0v) is 15.5. The molecule has 0 radical (unpaired) electrons. The number of benzene rings is 1. The fourth-order valence-corrected chi connectivity index (χ4v) is 3.27. The lowest BCUT2D eigenvalue weighted by Crippen LogP contribution is -2.51. The van der Waals surface area contributed by atoms with Gasteiger partial charge in [0.1, 0.15) is 17.2 Å². The topological polar surface area (TPSA) is 78.9 Å². The van der Waals surface area contributed by atoms with Crippen molar-refractivity contribution in [2.45, 2.75) is 31.9 Å². The Balaban J connectivity index is 1.88. The van der Waals surface area contributed by atoms with Crippen LogP contribution in [0.15, 0.2) is 52.0 Å². The van der Waals surface area contributed by atoms with Crippen LogP contribution in [0, 0.1) is 6.92 Å². The molecule has 1 amide bonds. The van der Waals surface area contributed by atoms with Gasteiger partial charge in [-0.15, -0.1) is 0 Å². The van der Waals surface area contributed by atoms with Crippen molar-refractivity contribution in [3.8, 4) is 11.5 Å². The van der Waals surface area contributed by atoms with Crippen LogP contribution >= 0.6 is 0 Å². The van der Waals surface area contributed by atoms with E-state index in [4.69, 9.17) is 4.42 Å². The van der Waals surface area contributed by atoms with Crippen LogP contribution in [0.4, 0.5) is 17.6 Å². The van der Waals surface area contributed by atoms with E-state index in [-0.39, 0.29) is 21.7 Å². The minimum Gasteiger partial charge on any atom is -0.460 e. The van der Waals surface area contributed by atoms with Crippen molar-refractivity contribution in [3.63, 3.8) is 0 Å². The molecule has 0 unspecified atom stereocenters. The van der Waals surface area contributed by atoms with Gasteiger partial charge in [-0.3, -0.25) is 4.79 Å². The van der Waals surface area contributed by atoms with Crippen LogP contribution < -0.4 is 0 Å². The summed E-state index contributed by atoms with van der Waals surface area (Å²) in [4.78, 5) is 17.6. The molecule has 1 aromatic carbocycles. The van der Waals surface area contributed by atoms with Crippen LogP contribution in [-0.2, 0) is 0 Å². The summed E-state index contributed by atoms with van der Waals surface area (Å²) in [6.07, 6.45) is -7.85. The average molecular weight is 421 g/mol. The van der Waals surface area contributed by atoms with Crippen molar-refractivity contribution >= 4 is 22.5 Å². The molecule has 0 spiro atoms. The fraction of sp³-hybridized carbons (Fsp3) is 0.250. The molecule has 1 atom stereocenters. The van der Waals surface area contributed by atoms with Gasteiger partial charge in [0.05, 0.1) is 11.1 Å². The number of aryl methyl sites for hydroxylation is 1. The Morgan fingerprint density at radius 1 is 1.20 bits per heavy atom. The molecular weight excluding hydrogens is 406 g/mol. The largest absolute Gasteiger partial charge is 0.460 e. The number of alkyl halides is 4. The third kappa shape index (κ3) is 3.22. The number of para-hydroxylation sites is 1. The number of halogens is 4. The zero-order valence-electron chi connectivity index (χ0n) is 15.5. The first kappa shape index (κ1) is 20.0. The van der Waals surface area contributed by atoms with Crippen LogP contribution in [-0.4, -0.2) is 45.3 Å². The van der Waals surface area contributed by atoms with Gasteiger partial charge in [0.15, 0.2) is 5.76 Å². The summed E-state index contributed by atoms with van der Waals surface area (Å²) in [7, 11) is 0. The zero-order chi connectivity index (χ0) is 21.6. The van der Waals surface area contributed by atoms with Crippen LogP contribution in [0.25, 0.3) is 22.4 Å². The normalized spacial score (nSPS) is 19.2. The number of hydrogen-bond acceptors (Lipinski definition) is 5. The van der Waals surface area contributed by atoms with Gasteiger partial charge < -0.3 is 9.52 Å². The highest BCUT2D eigenvalue weighted by atomic mass is 19.3. The van der Waals surface area contributed by atoms with Crippen LogP contribution in [0.2, 0.25) is 0 Å². The number of hydrogen-bond donors (Lipinski definition) is 1. The number of carbonyl (C=O) groups is 1. The van der Waals surface area contributed by atoms with E-state index in [9.17, 15) is 27.5 Å². The Morgan fingerprint density at radius 3 is 2.57 bits per heavy atom. The van der Waals surface area contributed by atoms with Crippen LogP contribution in [0.5, 0.6) is 0 Å². The van der Waals surface area contributed by atoms with Gasteiger partial charge in [0.25, 0.3) is 18.8 Å². The first-order valence-electron chi connectivity index (χ1n) is 8.88. The van der Waals surface area contributed by atoms with Crippen molar-refractivity contribution in [3.05, 3.63) is 53.8 Å². The van der Waals surface area contributed by atoms with Gasteiger partial charge in [0.2, 0.25) is 5.72 Å². The quantitative estimate of drug-likeness (QED) is 0.640. The van der Waals surface area contributed by atoms with E-state index < -0.39 is 36.6 Å². The molecule has 6 nitrogen and oxygen atoms in total. The number of amides is 1. The smallest absolute Gasteiger partial charge is 0.287 e. The summed E-state index contributed by atoms with van der Waals surface area (Å²) in [5, 5.41) is 14.0. The second-order valence-electron chi connectivity index (χ2n) is 6.85. The molecule has 0 saturated carbocycles. The molecule has 2 aromatic heterocycles. The number of hydrazone groups is 1. The number of aromatic nitrogens is 1. The number of fused-ring (bicyclic) bond motifs is 1. The molecule has 0 aliphatic carbocycles. The highest BCUT2D eigenvalue weighted by molar-refractivity contribution is 6.08. The second kappa shape index (κ2) is 7.21. The molecule has 4 rings (SSSR count). The number of furan rings is 1. The molecule has 0 bridgehead atoms. The van der Waals surface area contributed by atoms with Gasteiger partial charge in [-0.2, -0.15) is 10.1 Å². The van der Waals surface area contributed by atoms with Crippen molar-refractivity contribution in [2.24, 2.45) is 5.10 Å². The van der Waals surface area contributed by atoms with E-state index in [1.165, 1.54) is 12.1 Å². The lowest BCUT2D eigenvalue weighted by atomic mass is 10.0. The first-order chi connectivity index (χ1) is 14.2. The third-order valence-corrected chi connectivity index (χ3v) is 4.77. The second-order valence-corrected chi connectivity index (χ2v) is 6.85. The molecule has 0 fully saturated rings. The first-order valence-corrected chi connectivity index (χ1v) is 8.88. The molecule has 0 saturated heterocycles. The van der Waals surface area contributed by atoms with Gasteiger partial charge in [-0.05, 0) is 31.2 Å². The van der Waals surface area contributed by atoms with E-state index in [1.54, 1.807) is 37.3 Å². The number of pyridine rings is 1. The Labute approximate surface area is 167 Å². The molecule has 10 heteroatoms. The maximum Gasteiger partial charge on any atom is 0.287 e. The standard InChI is InChI=1S/C20H15F4N3O3/c1-10-6-7-16(30-10)14-8-12(11-4-2-3-5-13(11)25-14)18(28)27-20(29,19(23)24)9-15(26-27)17(21)22/h2-8,17,19,29H,9H2,1H3/t20-/m0/s1. The average Bonchev–Trinajstić information content (AvgIpc) is 3.31. The predicted molar refractivity (Wildman–Crippen MR) is 99.4 cm³/mol. The Bertz CT molecular complexity index is 1160. The molecule has 1 aliphatic rings. The van der Waals surface area contributed by atoms with Gasteiger partial charge in [0, 0.05) is 11.8 Å². The number of aliphatic hydroxyl groups is 1. The molecule has 30 heavy (non-hydrogen) atoms. The predicted octanol–water partition coefficient (Wildman–Crippen LogP) is 4.22. The highest BCUT2D eigenvalue weighted by Gasteiger charge is 2.53. The third-order valence-electron chi connectivity index (χ3n) is 4.77. The summed E-state index contributed by atoms with van der Waals surface area (Å²) >= 11 is 0. The van der Waals surface area contributed by atoms with E-state index in [0.29, 0.717) is 17.0 Å². The van der Waals surface area contributed by atoms with Crippen LogP contribution in [0.3, 0.4) is 0 Å². The number of rotatable bonds is 4. The van der Waals surface area contributed by atoms with Crippen molar-refractivity contribution in [1.82, 2.24) is 9.99 Å². The summed E-state index contributed by atoms with van der Waals surface area (Å²) in [5.41, 5.74) is -3.71. The summed E-state index contributed by atoms with van der Waals surface area (Å²) in [6, 6.07) is 11.0. The summed E-state index contributed by atoms with van der Waals surface area (Å²) in [6.45, 7) is 1.71. The lowest BCUT2D eigenvalue weighted by Gasteiger charge is -2.30. The summed E-state index contributed by atoms with van der Waals surface area (Å²) < 4.78 is 58.8. The van der Waals surface area contributed by atoms with Gasteiger partial charge in [-0.25, -0.2) is 22.5 Å². The fourth-order valence-electron chi connectivity index (χ4n) is 3.27. The van der Waals surface area contributed by atoms with Gasteiger partial charge in [-0.1, -0.05) is 18.2 Å². The molecule has 1 aliphatic heterocycles. The highest BCUT2D eigenvalue weighted by Crippen LogP contribution is 2.36. The molecular formula is C20H15F4N3O3. The van der Waals surface area contributed by atoms with Crippen LogP contribution in [0.1, 0.15) is 22.5 Å². The maximum atomic E-state index is 13.6. The minimum absolute atomic E-state index is 0.0398. The minimum atomic E-state index is -3.51. The number of carbonyl (C=O) groups excluding carboxylic acids is 1. The monoisotopic (exact) mass is 421 g/mol. The SMILES string of the molecule is Cc1ccc(-c2cc(C(=O)N3N=C(C(F)F)C[C@]3(O)C(F)F)c3ccccc3n2)o1. The van der Waals surface area contributed by atoms with Crippen molar-refractivity contribution in [2.75, 3.05) is 0 Å². The van der Waals surface area contributed by atoms with E-state index in [0.717, 1.165) is 0 Å². The molecule has 3 aromatic rings. The van der Waals surface area contributed by atoms with E-state index in [1.807, 2.05) is 0 Å². The van der Waals surface area contributed by atoms with Gasteiger partial charge >= 0.3 is 0 Å². The maximum absolute atomic E-state index is 13.6. The number of nitrogens with zero attached hydrogens (tertiary/aromatic N) is 3. The molecule has 1 N–H and O–H groups in total. The van der Waals surface area contributed by atoms with Crippen molar-refractivity contribution in [1.29, 1.82) is 0 Å². The Kier molecular flexibility index (Phi) is 4.81. The Morgan fingerprint density at radius 2 is 1.93 bits per heavy atom.